The number of nitrogens with zero attached hydrogens (tertiary/aromatic N) is 3. The van der Waals surface area contributed by atoms with Gasteiger partial charge in [0.25, 0.3) is 0 Å². The molecule has 25 heavy (non-hydrogen) atoms. The fraction of sp³-hybridized carbons (Fsp3) is 0.625. The number of aliphatic hydroxyl groups is 1. The van der Waals surface area contributed by atoms with Crippen LogP contribution in [0.3, 0.4) is 0 Å². The van der Waals surface area contributed by atoms with Crippen molar-refractivity contribution >= 4 is 0 Å². The maximum atomic E-state index is 9.95. The second-order valence-corrected chi connectivity index (χ2v) is 6.37. The van der Waals surface area contributed by atoms with Crippen molar-refractivity contribution in [1.82, 2.24) is 0 Å². The molecule has 0 saturated carbocycles. The van der Waals surface area contributed by atoms with Crippen LogP contribution in [-0.4, -0.2) is 55.3 Å². The van der Waals surface area contributed by atoms with Gasteiger partial charge in [-0.1, -0.05) is 5.11 Å². The zero-order valence-electron chi connectivity index (χ0n) is 14.3. The summed E-state index contributed by atoms with van der Waals surface area (Å²) in [5, 5.41) is 13.8. The average Bonchev–Trinajstić information content (AvgIpc) is 3.04. The quantitative estimate of drug-likeness (QED) is 0.476. The number of hydrogen-bond donors (Lipinski definition) is 1. The summed E-state index contributed by atoms with van der Waals surface area (Å²) >= 11 is 0. The molecule has 9 nitrogen and oxygen atoms in total. The average molecular weight is 351 g/mol. The van der Waals surface area contributed by atoms with Gasteiger partial charge in [0.2, 0.25) is 0 Å². The first kappa shape index (κ1) is 17.8. The Balaban J connectivity index is 1.76. The Kier molecular flexibility index (Phi) is 4.77. The van der Waals surface area contributed by atoms with Gasteiger partial charge >= 0.3 is 0 Å². The maximum absolute atomic E-state index is 9.95. The third kappa shape index (κ3) is 3.24. The number of ether oxygens (including phenoxy) is 5. The van der Waals surface area contributed by atoms with E-state index in [0.29, 0.717) is 11.5 Å². The largest absolute Gasteiger partial charge is 0.497 e. The fourth-order valence-electron chi connectivity index (χ4n) is 3.09. The number of rotatable bonds is 6. The molecule has 4 atom stereocenters. The molecule has 136 valence electrons. The molecule has 2 saturated heterocycles. The maximum Gasteiger partial charge on any atom is 0.188 e. The lowest BCUT2D eigenvalue weighted by Gasteiger charge is -2.32. The minimum absolute atomic E-state index is 0.0616. The van der Waals surface area contributed by atoms with E-state index in [1.165, 1.54) is 0 Å². The smallest absolute Gasteiger partial charge is 0.188 e. The molecular weight excluding hydrogens is 330 g/mol. The lowest BCUT2D eigenvalue weighted by molar-refractivity contribution is -0.215. The van der Waals surface area contributed by atoms with E-state index in [-0.39, 0.29) is 6.61 Å². The molecule has 0 aromatic heterocycles. The minimum atomic E-state index is -1.32. The van der Waals surface area contributed by atoms with E-state index in [9.17, 15) is 5.11 Å². The van der Waals surface area contributed by atoms with Crippen molar-refractivity contribution in [2.24, 2.45) is 5.11 Å². The van der Waals surface area contributed by atoms with Gasteiger partial charge in [-0.2, -0.15) is 0 Å². The minimum Gasteiger partial charge on any atom is -0.497 e. The molecule has 0 amide bonds. The molecule has 3 rings (SSSR count). The summed E-state index contributed by atoms with van der Waals surface area (Å²) in [4.78, 5) is 2.87. The second-order valence-electron chi connectivity index (χ2n) is 6.37. The first-order valence-electron chi connectivity index (χ1n) is 7.89. The van der Waals surface area contributed by atoms with Crippen molar-refractivity contribution in [3.05, 3.63) is 34.7 Å². The number of azide groups is 1. The van der Waals surface area contributed by atoms with E-state index < -0.39 is 36.4 Å². The number of fused-ring (bicyclic) bond motifs is 1. The molecule has 0 aliphatic carbocycles. The van der Waals surface area contributed by atoms with Crippen LogP contribution >= 0.6 is 0 Å². The number of aliphatic hydroxyl groups excluding tert-OH is 1. The topological polar surface area (TPSA) is 115 Å². The summed E-state index contributed by atoms with van der Waals surface area (Å²) in [7, 11) is 1.58. The van der Waals surface area contributed by atoms with Crippen LogP contribution in [0.25, 0.3) is 10.4 Å². The molecule has 0 radical (unpaired) electrons. The normalized spacial score (nSPS) is 32.7. The molecule has 9 heteroatoms. The van der Waals surface area contributed by atoms with Gasteiger partial charge in [0, 0.05) is 4.91 Å². The van der Waals surface area contributed by atoms with Crippen LogP contribution in [0.4, 0.5) is 0 Å². The Hall–Kier alpha value is -2.03. The first-order chi connectivity index (χ1) is 11.9. The highest BCUT2D eigenvalue weighted by molar-refractivity contribution is 5.31. The molecule has 1 aromatic rings. The van der Waals surface area contributed by atoms with Crippen LogP contribution < -0.4 is 9.47 Å². The third-order valence-corrected chi connectivity index (χ3v) is 4.35. The standard InChI is InChI=1S/C16H21N3O6/c1-15(2)24-13-14(25-15)23-12(16(13,9-20)18-19-17)8-22-11-6-4-10(21-3)5-7-11/h4-7,12-14,20H,8-9H2,1-3H3/t12-,13-,14+,16-/m1/s1. The number of methoxy groups -OCH3 is 1. The van der Waals surface area contributed by atoms with Crippen LogP contribution in [0.2, 0.25) is 0 Å². The van der Waals surface area contributed by atoms with Crippen molar-refractivity contribution in [3.63, 3.8) is 0 Å². The van der Waals surface area contributed by atoms with E-state index in [0.717, 1.165) is 0 Å². The Morgan fingerprint density at radius 1 is 1.24 bits per heavy atom. The summed E-state index contributed by atoms with van der Waals surface area (Å²) in [6.45, 7) is 3.08. The Morgan fingerprint density at radius 2 is 1.92 bits per heavy atom. The van der Waals surface area contributed by atoms with E-state index in [1.807, 2.05) is 0 Å². The molecule has 0 unspecified atom stereocenters. The summed E-state index contributed by atoms with van der Waals surface area (Å²) in [5.74, 6) is 0.418. The molecule has 2 fully saturated rings. The SMILES string of the molecule is COc1ccc(OC[C@H]2O[C@H]3OC(C)(C)O[C@H]3[C@]2(CO)N=[N+]=[N-])cc1. The van der Waals surface area contributed by atoms with Crippen molar-refractivity contribution < 1.29 is 28.8 Å². The van der Waals surface area contributed by atoms with Gasteiger partial charge in [0.05, 0.1) is 13.7 Å². The monoisotopic (exact) mass is 351 g/mol. The van der Waals surface area contributed by atoms with E-state index >= 15 is 0 Å². The lowest BCUT2D eigenvalue weighted by atomic mass is 9.90. The highest BCUT2D eigenvalue weighted by atomic mass is 16.8. The first-order valence-corrected chi connectivity index (χ1v) is 7.89. The molecular formula is C16H21N3O6. The van der Waals surface area contributed by atoms with Gasteiger partial charge in [-0.05, 0) is 43.6 Å². The van der Waals surface area contributed by atoms with Crippen LogP contribution in [-0.2, 0) is 14.2 Å². The van der Waals surface area contributed by atoms with Gasteiger partial charge in [-0.25, -0.2) is 0 Å². The molecule has 1 aromatic carbocycles. The highest BCUT2D eigenvalue weighted by Gasteiger charge is 2.63. The Morgan fingerprint density at radius 3 is 2.52 bits per heavy atom. The molecule has 2 aliphatic rings. The van der Waals surface area contributed by atoms with Crippen molar-refractivity contribution in [2.45, 2.75) is 43.7 Å². The number of hydrogen-bond acceptors (Lipinski definition) is 7. The van der Waals surface area contributed by atoms with Gasteiger partial charge < -0.3 is 28.8 Å². The summed E-state index contributed by atoms with van der Waals surface area (Å²) < 4.78 is 28.1. The predicted molar refractivity (Wildman–Crippen MR) is 86.1 cm³/mol. The van der Waals surface area contributed by atoms with Gasteiger partial charge in [-0.15, -0.1) is 0 Å². The third-order valence-electron chi connectivity index (χ3n) is 4.35. The second kappa shape index (κ2) is 6.70. The van der Waals surface area contributed by atoms with Crippen LogP contribution in [0.15, 0.2) is 29.4 Å². The van der Waals surface area contributed by atoms with Crippen molar-refractivity contribution in [2.75, 3.05) is 20.3 Å². The van der Waals surface area contributed by atoms with E-state index in [4.69, 9.17) is 29.2 Å². The van der Waals surface area contributed by atoms with Gasteiger partial charge in [0.1, 0.15) is 35.9 Å². The van der Waals surface area contributed by atoms with Crippen LogP contribution in [0.5, 0.6) is 11.5 Å². The molecule has 1 N–H and O–H groups in total. The van der Waals surface area contributed by atoms with E-state index in [2.05, 4.69) is 10.0 Å². The lowest BCUT2D eigenvalue weighted by Crippen LogP contribution is -2.52. The van der Waals surface area contributed by atoms with E-state index in [1.54, 1.807) is 45.2 Å². The van der Waals surface area contributed by atoms with Gasteiger partial charge in [0.15, 0.2) is 12.1 Å². The van der Waals surface area contributed by atoms with Crippen LogP contribution in [0, 0.1) is 0 Å². The van der Waals surface area contributed by atoms with Crippen molar-refractivity contribution in [1.29, 1.82) is 0 Å². The highest BCUT2D eigenvalue weighted by Crippen LogP contribution is 2.45. The van der Waals surface area contributed by atoms with Gasteiger partial charge in [-0.3, -0.25) is 0 Å². The van der Waals surface area contributed by atoms with Crippen molar-refractivity contribution in [3.8, 4) is 11.5 Å². The summed E-state index contributed by atoms with van der Waals surface area (Å²) in [6.07, 6.45) is -2.17. The summed E-state index contributed by atoms with van der Waals surface area (Å²) in [5.41, 5.74) is 7.65. The summed E-state index contributed by atoms with van der Waals surface area (Å²) in [6, 6.07) is 7.03. The molecule has 0 bridgehead atoms. The number of benzene rings is 1. The fourth-order valence-corrected chi connectivity index (χ4v) is 3.09. The zero-order valence-corrected chi connectivity index (χ0v) is 14.3. The molecule has 2 aliphatic heterocycles. The molecule has 0 spiro atoms. The molecule has 2 heterocycles. The Bertz CT molecular complexity index is 660. The van der Waals surface area contributed by atoms with Crippen LogP contribution in [0.1, 0.15) is 13.8 Å². The zero-order chi connectivity index (χ0) is 18.1. The predicted octanol–water partition coefficient (Wildman–Crippen LogP) is 1.99. The Labute approximate surface area is 145 Å².